The fraction of sp³-hybridized carbons (Fsp3) is 0.429. The molecule has 1 atom stereocenters. The van der Waals surface area contributed by atoms with Gasteiger partial charge in [-0.15, -0.1) is 0 Å². The van der Waals surface area contributed by atoms with E-state index in [1.165, 1.54) is 11.3 Å². The topological polar surface area (TPSA) is 71.5 Å². The Balaban J connectivity index is 2.08. The van der Waals surface area contributed by atoms with Gasteiger partial charge in [0.1, 0.15) is 5.75 Å². The van der Waals surface area contributed by atoms with Crippen molar-refractivity contribution in [2.24, 2.45) is 5.92 Å². The van der Waals surface area contributed by atoms with E-state index in [4.69, 9.17) is 4.74 Å². The van der Waals surface area contributed by atoms with Crippen molar-refractivity contribution in [1.29, 1.82) is 0 Å². The zero-order valence-corrected chi connectivity index (χ0v) is 12.5. The lowest BCUT2D eigenvalue weighted by molar-refractivity contribution is -0.118. The zero-order chi connectivity index (χ0) is 14.7. The number of carbonyl (C=O) groups is 1. The molecule has 1 heterocycles. The van der Waals surface area contributed by atoms with Crippen LogP contribution in [0.1, 0.15) is 20.3 Å². The summed E-state index contributed by atoms with van der Waals surface area (Å²) >= 11 is 1.39. The molecular weight excluding hydrogens is 276 g/mol. The monoisotopic (exact) mass is 294 g/mol. The number of hydrogen-bond donors (Lipinski definition) is 2. The van der Waals surface area contributed by atoms with Crippen LogP contribution in [0.25, 0.3) is 10.2 Å². The molecule has 0 saturated heterocycles. The Morgan fingerprint density at radius 2 is 2.25 bits per heavy atom. The van der Waals surface area contributed by atoms with Gasteiger partial charge in [-0.2, -0.15) is 0 Å². The van der Waals surface area contributed by atoms with Crippen LogP contribution >= 0.6 is 11.3 Å². The van der Waals surface area contributed by atoms with Gasteiger partial charge in [-0.1, -0.05) is 25.2 Å². The first-order chi connectivity index (χ1) is 9.49. The third-order valence-electron chi connectivity index (χ3n) is 3.01. The minimum Gasteiger partial charge on any atom is -0.497 e. The molecule has 0 aliphatic carbocycles. The third-order valence-corrected chi connectivity index (χ3v) is 3.94. The van der Waals surface area contributed by atoms with Crippen LogP contribution in [0.4, 0.5) is 5.13 Å². The molecule has 5 nitrogen and oxygen atoms in total. The van der Waals surface area contributed by atoms with Crippen LogP contribution in [0.15, 0.2) is 18.2 Å². The number of anilines is 1. The molecule has 1 aromatic heterocycles. The number of rotatable bonds is 5. The second-order valence-corrected chi connectivity index (χ2v) is 5.95. The number of aliphatic hydroxyl groups excluding tert-OH is 1. The van der Waals surface area contributed by atoms with Crippen molar-refractivity contribution in [2.45, 2.75) is 26.4 Å². The van der Waals surface area contributed by atoms with Crippen molar-refractivity contribution in [3.8, 4) is 5.75 Å². The second kappa shape index (κ2) is 6.19. The lowest BCUT2D eigenvalue weighted by Crippen LogP contribution is -2.23. The SMILES string of the molecule is COc1ccc2nc(NC(=O)CC(O)C(C)C)sc2c1. The quantitative estimate of drug-likeness (QED) is 0.889. The van der Waals surface area contributed by atoms with Gasteiger partial charge in [0.2, 0.25) is 5.91 Å². The number of ether oxygens (including phenoxy) is 1. The number of nitrogens with one attached hydrogen (secondary N) is 1. The van der Waals surface area contributed by atoms with E-state index in [-0.39, 0.29) is 18.2 Å². The first kappa shape index (κ1) is 14.7. The first-order valence-corrected chi connectivity index (χ1v) is 7.23. The Kier molecular flexibility index (Phi) is 4.57. The molecule has 108 valence electrons. The van der Waals surface area contributed by atoms with Gasteiger partial charge >= 0.3 is 0 Å². The highest BCUT2D eigenvalue weighted by Gasteiger charge is 2.15. The average Bonchev–Trinajstić information content (AvgIpc) is 2.78. The fourth-order valence-electron chi connectivity index (χ4n) is 1.68. The summed E-state index contributed by atoms with van der Waals surface area (Å²) in [7, 11) is 1.61. The molecule has 2 N–H and O–H groups in total. The standard InChI is InChI=1S/C14H18N2O3S/c1-8(2)11(17)7-13(18)16-14-15-10-5-4-9(19-3)6-12(10)20-14/h4-6,8,11,17H,7H2,1-3H3,(H,15,16,18). The van der Waals surface area contributed by atoms with E-state index in [1.54, 1.807) is 7.11 Å². The Morgan fingerprint density at radius 3 is 2.90 bits per heavy atom. The summed E-state index contributed by atoms with van der Waals surface area (Å²) < 4.78 is 6.10. The maximum absolute atomic E-state index is 11.8. The van der Waals surface area contributed by atoms with Crippen LogP contribution in [-0.2, 0) is 4.79 Å². The van der Waals surface area contributed by atoms with Gasteiger partial charge in [0.05, 0.1) is 29.9 Å². The number of amides is 1. The lowest BCUT2D eigenvalue weighted by atomic mass is 10.0. The predicted molar refractivity (Wildman–Crippen MR) is 80.3 cm³/mol. The minimum absolute atomic E-state index is 0.0559. The summed E-state index contributed by atoms with van der Waals surface area (Å²) in [6.45, 7) is 3.75. The van der Waals surface area contributed by atoms with Crippen molar-refractivity contribution in [2.75, 3.05) is 12.4 Å². The van der Waals surface area contributed by atoms with E-state index in [0.717, 1.165) is 16.0 Å². The molecule has 1 aromatic carbocycles. The average molecular weight is 294 g/mol. The number of carbonyl (C=O) groups excluding carboxylic acids is 1. The molecule has 0 spiro atoms. The smallest absolute Gasteiger partial charge is 0.228 e. The molecule has 1 amide bonds. The Morgan fingerprint density at radius 1 is 1.50 bits per heavy atom. The summed E-state index contributed by atoms with van der Waals surface area (Å²) in [4.78, 5) is 16.1. The van der Waals surface area contributed by atoms with Gasteiger partial charge in [0.25, 0.3) is 0 Å². The molecule has 0 radical (unpaired) electrons. The molecule has 0 aliphatic heterocycles. The molecule has 2 rings (SSSR count). The molecule has 0 bridgehead atoms. The van der Waals surface area contributed by atoms with Gasteiger partial charge < -0.3 is 15.2 Å². The van der Waals surface area contributed by atoms with E-state index >= 15 is 0 Å². The number of thiazole rings is 1. The highest BCUT2D eigenvalue weighted by molar-refractivity contribution is 7.22. The Labute approximate surface area is 121 Å². The van der Waals surface area contributed by atoms with Crippen molar-refractivity contribution in [3.63, 3.8) is 0 Å². The number of aromatic nitrogens is 1. The van der Waals surface area contributed by atoms with Crippen LogP contribution in [-0.4, -0.2) is 29.2 Å². The summed E-state index contributed by atoms with van der Waals surface area (Å²) in [6.07, 6.45) is -0.554. The summed E-state index contributed by atoms with van der Waals surface area (Å²) in [6, 6.07) is 5.56. The van der Waals surface area contributed by atoms with Crippen LogP contribution in [0.3, 0.4) is 0 Å². The van der Waals surface area contributed by atoms with Crippen molar-refractivity contribution < 1.29 is 14.6 Å². The van der Waals surface area contributed by atoms with E-state index < -0.39 is 6.10 Å². The number of aliphatic hydroxyl groups is 1. The van der Waals surface area contributed by atoms with Gasteiger partial charge in [-0.25, -0.2) is 4.98 Å². The fourth-order valence-corrected chi connectivity index (χ4v) is 2.59. The zero-order valence-electron chi connectivity index (χ0n) is 11.7. The summed E-state index contributed by atoms with van der Waals surface area (Å²) in [5.41, 5.74) is 0.815. The molecule has 0 fully saturated rings. The number of methoxy groups -OCH3 is 1. The lowest BCUT2D eigenvalue weighted by Gasteiger charge is -2.12. The van der Waals surface area contributed by atoms with Gasteiger partial charge in [-0.3, -0.25) is 4.79 Å². The van der Waals surface area contributed by atoms with Crippen molar-refractivity contribution >= 4 is 32.6 Å². The van der Waals surface area contributed by atoms with Gasteiger partial charge in [0, 0.05) is 0 Å². The van der Waals surface area contributed by atoms with Gasteiger partial charge in [0.15, 0.2) is 5.13 Å². The molecule has 20 heavy (non-hydrogen) atoms. The van der Waals surface area contributed by atoms with E-state index in [1.807, 2.05) is 32.0 Å². The highest BCUT2D eigenvalue weighted by atomic mass is 32.1. The molecule has 2 aromatic rings. The largest absolute Gasteiger partial charge is 0.497 e. The normalized spacial score (nSPS) is 12.7. The number of hydrogen-bond acceptors (Lipinski definition) is 5. The van der Waals surface area contributed by atoms with Crippen molar-refractivity contribution in [3.05, 3.63) is 18.2 Å². The summed E-state index contributed by atoms with van der Waals surface area (Å²) in [5.74, 6) is 0.590. The van der Waals surface area contributed by atoms with E-state index in [9.17, 15) is 9.90 Å². The molecule has 6 heteroatoms. The van der Waals surface area contributed by atoms with E-state index in [0.29, 0.717) is 5.13 Å². The van der Waals surface area contributed by atoms with Crippen LogP contribution in [0, 0.1) is 5.92 Å². The van der Waals surface area contributed by atoms with Gasteiger partial charge in [-0.05, 0) is 24.1 Å². The molecule has 1 unspecified atom stereocenters. The first-order valence-electron chi connectivity index (χ1n) is 6.42. The predicted octanol–water partition coefficient (Wildman–Crippen LogP) is 2.65. The maximum atomic E-state index is 11.8. The minimum atomic E-state index is -0.635. The number of nitrogens with zero attached hydrogens (tertiary/aromatic N) is 1. The molecule has 0 saturated carbocycles. The second-order valence-electron chi connectivity index (χ2n) is 4.92. The van der Waals surface area contributed by atoms with E-state index in [2.05, 4.69) is 10.3 Å². The van der Waals surface area contributed by atoms with Crippen LogP contribution in [0.5, 0.6) is 5.75 Å². The maximum Gasteiger partial charge on any atom is 0.228 e. The summed E-state index contributed by atoms with van der Waals surface area (Å²) in [5, 5.41) is 12.9. The third kappa shape index (κ3) is 3.46. The van der Waals surface area contributed by atoms with Crippen LogP contribution in [0.2, 0.25) is 0 Å². The number of benzene rings is 1. The number of fused-ring (bicyclic) bond motifs is 1. The Bertz CT molecular complexity index is 609. The molecule has 0 aliphatic rings. The van der Waals surface area contributed by atoms with Crippen LogP contribution < -0.4 is 10.1 Å². The Hall–Kier alpha value is -1.66. The highest BCUT2D eigenvalue weighted by Crippen LogP contribution is 2.29. The molecular formula is C14H18N2O3S. The van der Waals surface area contributed by atoms with Crippen molar-refractivity contribution in [1.82, 2.24) is 4.98 Å².